The molecule has 0 N–H and O–H groups in total. The number of nitrogens with zero attached hydrogens (tertiary/aromatic N) is 1. The van der Waals surface area contributed by atoms with Crippen molar-refractivity contribution in [3.63, 3.8) is 0 Å². The summed E-state index contributed by atoms with van der Waals surface area (Å²) < 4.78 is 2.33. The molecular weight excluding hydrogens is 290 g/mol. The minimum Gasteiger partial charge on any atom is -0.288 e. The van der Waals surface area contributed by atoms with Crippen LogP contribution in [0.1, 0.15) is 21.6 Å². The molecule has 2 aromatic heterocycles. The van der Waals surface area contributed by atoms with Crippen LogP contribution in [0.15, 0.2) is 48.5 Å². The van der Waals surface area contributed by atoms with Gasteiger partial charge in [-0.25, -0.2) is 0 Å². The Kier molecular flexibility index (Phi) is 2.20. The summed E-state index contributed by atoms with van der Waals surface area (Å²) in [4.78, 5) is 17.7. The van der Waals surface area contributed by atoms with Crippen LogP contribution in [0.4, 0.5) is 0 Å². The van der Waals surface area contributed by atoms with Gasteiger partial charge in [0.1, 0.15) is 0 Å². The molecule has 2 aromatic carbocycles. The molecule has 0 unspecified atom stereocenters. The summed E-state index contributed by atoms with van der Waals surface area (Å²) in [5, 5.41) is 2.23. The van der Waals surface area contributed by atoms with Crippen molar-refractivity contribution in [3.8, 4) is 11.3 Å². The molecule has 0 radical (unpaired) electrons. The van der Waals surface area contributed by atoms with Crippen LogP contribution < -0.4 is 0 Å². The van der Waals surface area contributed by atoms with Crippen molar-refractivity contribution in [3.05, 3.63) is 65.4 Å². The lowest BCUT2D eigenvalue weighted by atomic mass is 10.0. The molecule has 4 aromatic rings. The Morgan fingerprint density at radius 3 is 2.55 bits per heavy atom. The van der Waals surface area contributed by atoms with Crippen LogP contribution in [-0.4, -0.2) is 10.8 Å². The summed E-state index contributed by atoms with van der Waals surface area (Å²) in [5.41, 5.74) is 4.35. The first-order valence-electron chi connectivity index (χ1n) is 7.21. The van der Waals surface area contributed by atoms with Gasteiger partial charge in [0.15, 0.2) is 5.78 Å². The molecule has 22 heavy (non-hydrogen) atoms. The minimum absolute atomic E-state index is 0.103. The molecule has 0 fully saturated rings. The third-order valence-corrected chi connectivity index (χ3v) is 5.62. The predicted molar refractivity (Wildman–Crippen MR) is 90.7 cm³/mol. The molecule has 0 amide bonds. The second-order valence-corrected chi connectivity index (χ2v) is 6.65. The lowest BCUT2D eigenvalue weighted by Gasteiger charge is -2.04. The summed E-state index contributed by atoms with van der Waals surface area (Å²) in [6.07, 6.45) is 0. The maximum absolute atomic E-state index is 12.9. The molecule has 2 nitrogen and oxygen atoms in total. The van der Waals surface area contributed by atoms with Crippen molar-refractivity contribution in [1.82, 2.24) is 4.98 Å². The molecule has 2 heterocycles. The van der Waals surface area contributed by atoms with Gasteiger partial charge in [0.25, 0.3) is 0 Å². The van der Waals surface area contributed by atoms with E-state index < -0.39 is 0 Å². The van der Waals surface area contributed by atoms with Crippen LogP contribution in [0.2, 0.25) is 0 Å². The van der Waals surface area contributed by atoms with E-state index in [1.807, 2.05) is 43.3 Å². The van der Waals surface area contributed by atoms with Gasteiger partial charge in [-0.3, -0.25) is 9.78 Å². The van der Waals surface area contributed by atoms with Crippen LogP contribution in [0, 0.1) is 6.92 Å². The number of hydrogen-bond acceptors (Lipinski definition) is 3. The Hall–Kier alpha value is -2.52. The summed E-state index contributed by atoms with van der Waals surface area (Å²) in [7, 11) is 0. The zero-order chi connectivity index (χ0) is 14.8. The molecule has 0 saturated carbocycles. The van der Waals surface area contributed by atoms with Gasteiger partial charge in [-0.05, 0) is 13.0 Å². The molecule has 5 rings (SSSR count). The molecule has 104 valence electrons. The number of rotatable bonds is 0. The topological polar surface area (TPSA) is 30.0 Å². The van der Waals surface area contributed by atoms with E-state index in [0.29, 0.717) is 0 Å². The summed E-state index contributed by atoms with van der Waals surface area (Å²) in [6.45, 7) is 2.03. The number of aromatic nitrogens is 1. The van der Waals surface area contributed by atoms with Crippen LogP contribution >= 0.6 is 11.3 Å². The standard InChI is InChI=1S/C19H11NOS/c1-10-19-15(13-8-4-5-9-14(13)22-19)16-17(20-10)11-6-2-3-7-12(11)18(16)21/h2-9H,1H3. The van der Waals surface area contributed by atoms with E-state index >= 15 is 0 Å². The number of pyridine rings is 1. The lowest BCUT2D eigenvalue weighted by molar-refractivity contribution is 0.104. The summed E-state index contributed by atoms with van der Waals surface area (Å²) in [6, 6.07) is 16.1. The minimum atomic E-state index is 0.103. The van der Waals surface area contributed by atoms with E-state index in [1.165, 1.54) is 4.70 Å². The fourth-order valence-electron chi connectivity index (χ4n) is 3.38. The molecule has 0 bridgehead atoms. The van der Waals surface area contributed by atoms with E-state index in [2.05, 4.69) is 12.1 Å². The molecule has 1 aliphatic rings. The van der Waals surface area contributed by atoms with Gasteiger partial charge in [-0.1, -0.05) is 42.5 Å². The Bertz CT molecular complexity index is 1110. The van der Waals surface area contributed by atoms with Gasteiger partial charge in [0, 0.05) is 26.6 Å². The fourth-order valence-corrected chi connectivity index (χ4v) is 4.53. The zero-order valence-corrected chi connectivity index (χ0v) is 12.7. The van der Waals surface area contributed by atoms with Gasteiger partial charge in [-0.2, -0.15) is 0 Å². The van der Waals surface area contributed by atoms with E-state index in [9.17, 15) is 4.79 Å². The highest BCUT2D eigenvalue weighted by molar-refractivity contribution is 7.26. The first kappa shape index (κ1) is 12.1. The smallest absolute Gasteiger partial charge is 0.196 e. The largest absolute Gasteiger partial charge is 0.288 e. The van der Waals surface area contributed by atoms with E-state index in [-0.39, 0.29) is 5.78 Å². The van der Waals surface area contributed by atoms with Gasteiger partial charge in [-0.15, -0.1) is 11.3 Å². The quantitative estimate of drug-likeness (QED) is 0.404. The van der Waals surface area contributed by atoms with Crippen LogP contribution in [0.5, 0.6) is 0 Å². The molecule has 0 atom stereocenters. The molecular formula is C19H11NOS. The Balaban J connectivity index is 2.05. The first-order chi connectivity index (χ1) is 10.8. The van der Waals surface area contributed by atoms with Gasteiger partial charge < -0.3 is 0 Å². The van der Waals surface area contributed by atoms with E-state index in [0.717, 1.165) is 43.6 Å². The van der Waals surface area contributed by atoms with Crippen molar-refractivity contribution >= 4 is 37.3 Å². The van der Waals surface area contributed by atoms with Crippen molar-refractivity contribution in [2.75, 3.05) is 0 Å². The molecule has 0 saturated heterocycles. The number of fused-ring (bicyclic) bond motifs is 7. The summed E-state index contributed by atoms with van der Waals surface area (Å²) in [5.74, 6) is 0.103. The van der Waals surface area contributed by atoms with E-state index in [4.69, 9.17) is 4.98 Å². The van der Waals surface area contributed by atoms with Crippen molar-refractivity contribution in [1.29, 1.82) is 0 Å². The molecule has 0 spiro atoms. The van der Waals surface area contributed by atoms with E-state index in [1.54, 1.807) is 11.3 Å². The molecule has 1 aliphatic carbocycles. The number of ketones is 1. The highest BCUT2D eigenvalue weighted by Crippen LogP contribution is 2.45. The van der Waals surface area contributed by atoms with Gasteiger partial charge >= 0.3 is 0 Å². The maximum atomic E-state index is 12.9. The Labute approximate surface area is 131 Å². The van der Waals surface area contributed by atoms with Gasteiger partial charge in [0.05, 0.1) is 21.7 Å². The number of aryl methyl sites for hydroxylation is 1. The van der Waals surface area contributed by atoms with Crippen molar-refractivity contribution in [2.24, 2.45) is 0 Å². The second kappa shape index (κ2) is 4.02. The maximum Gasteiger partial charge on any atom is 0.196 e. The number of carbonyl (C=O) groups excluding carboxylic acids is 1. The second-order valence-electron chi connectivity index (χ2n) is 5.60. The Morgan fingerprint density at radius 1 is 0.955 bits per heavy atom. The first-order valence-corrected chi connectivity index (χ1v) is 8.03. The normalized spacial score (nSPS) is 12.9. The van der Waals surface area contributed by atoms with Crippen molar-refractivity contribution < 1.29 is 4.79 Å². The number of hydrogen-bond donors (Lipinski definition) is 0. The van der Waals surface area contributed by atoms with Gasteiger partial charge in [0.2, 0.25) is 0 Å². The Morgan fingerprint density at radius 2 is 1.68 bits per heavy atom. The highest BCUT2D eigenvalue weighted by Gasteiger charge is 2.31. The average Bonchev–Trinajstić information content (AvgIpc) is 3.06. The van der Waals surface area contributed by atoms with Crippen LogP contribution in [0.25, 0.3) is 31.4 Å². The third-order valence-electron chi connectivity index (χ3n) is 4.34. The number of benzene rings is 2. The SMILES string of the molecule is Cc1nc2c(c3c1sc1ccccc13)C(=O)c1ccccc1-2. The van der Waals surface area contributed by atoms with Crippen molar-refractivity contribution in [2.45, 2.75) is 6.92 Å². The summed E-state index contributed by atoms with van der Waals surface area (Å²) >= 11 is 1.72. The number of thiophene rings is 1. The monoisotopic (exact) mass is 301 g/mol. The predicted octanol–water partition coefficient (Wildman–Crippen LogP) is 4.97. The zero-order valence-electron chi connectivity index (χ0n) is 11.9. The van der Waals surface area contributed by atoms with Crippen LogP contribution in [0.3, 0.4) is 0 Å². The third kappa shape index (κ3) is 1.34. The van der Waals surface area contributed by atoms with Crippen LogP contribution in [-0.2, 0) is 0 Å². The lowest BCUT2D eigenvalue weighted by Crippen LogP contribution is -1.97. The highest BCUT2D eigenvalue weighted by atomic mass is 32.1. The average molecular weight is 301 g/mol. The molecule has 0 aliphatic heterocycles. The number of carbonyl (C=O) groups is 1. The fraction of sp³-hybridized carbons (Fsp3) is 0.0526. The molecule has 3 heteroatoms.